The largest absolute Gasteiger partial charge is 0.298 e. The van der Waals surface area contributed by atoms with E-state index in [0.29, 0.717) is 5.92 Å². The van der Waals surface area contributed by atoms with Gasteiger partial charge in [-0.15, -0.1) is 0 Å². The van der Waals surface area contributed by atoms with Crippen LogP contribution in [-0.4, -0.2) is 33.2 Å². The Morgan fingerprint density at radius 1 is 1.26 bits per heavy atom. The second-order valence-electron chi connectivity index (χ2n) is 6.53. The van der Waals surface area contributed by atoms with Gasteiger partial charge in [0.1, 0.15) is 0 Å². The molecular weight excluding hydrogens is 284 g/mol. The highest BCUT2D eigenvalue weighted by Crippen LogP contribution is 2.29. The van der Waals surface area contributed by atoms with Crippen molar-refractivity contribution in [3.8, 4) is 0 Å². The van der Waals surface area contributed by atoms with E-state index in [2.05, 4.69) is 51.3 Å². The zero-order valence-electron chi connectivity index (χ0n) is 13.5. The minimum atomic E-state index is 0.564. The number of nitrogens with zero attached hydrogens (tertiary/aromatic N) is 3. The Balaban J connectivity index is 1.55. The van der Waals surface area contributed by atoms with Gasteiger partial charge in [-0.1, -0.05) is 24.3 Å². The molecule has 4 nitrogen and oxygen atoms in total. The fraction of sp³-hybridized carbons (Fsp3) is 0.368. The lowest BCUT2D eigenvalue weighted by Crippen LogP contribution is -2.34. The smallest absolute Gasteiger partial charge is 0.0746 e. The van der Waals surface area contributed by atoms with Crippen molar-refractivity contribution in [3.05, 3.63) is 59.5 Å². The first kappa shape index (κ1) is 14.4. The molecule has 4 heteroatoms. The van der Waals surface area contributed by atoms with Crippen LogP contribution in [0, 0.1) is 6.92 Å². The van der Waals surface area contributed by atoms with Crippen molar-refractivity contribution >= 4 is 10.9 Å². The molecule has 0 aliphatic carbocycles. The van der Waals surface area contributed by atoms with Crippen molar-refractivity contribution in [2.45, 2.75) is 32.2 Å². The topological polar surface area (TPSA) is 44.8 Å². The minimum Gasteiger partial charge on any atom is -0.298 e. The third-order valence-corrected chi connectivity index (χ3v) is 4.89. The number of aromatic nitrogens is 3. The maximum Gasteiger partial charge on any atom is 0.0746 e. The lowest BCUT2D eigenvalue weighted by molar-refractivity contribution is 0.199. The molecule has 118 valence electrons. The summed E-state index contributed by atoms with van der Waals surface area (Å²) in [5.41, 5.74) is 5.05. The van der Waals surface area contributed by atoms with Gasteiger partial charge >= 0.3 is 0 Å². The number of aryl methyl sites for hydroxylation is 1. The second-order valence-corrected chi connectivity index (χ2v) is 6.53. The summed E-state index contributed by atoms with van der Waals surface area (Å²) in [5, 5.41) is 8.62. The molecule has 0 unspecified atom stereocenters. The number of rotatable bonds is 3. The van der Waals surface area contributed by atoms with Gasteiger partial charge in [-0.25, -0.2) is 0 Å². The Morgan fingerprint density at radius 3 is 3.04 bits per heavy atom. The summed E-state index contributed by atoms with van der Waals surface area (Å²) >= 11 is 0. The van der Waals surface area contributed by atoms with Crippen LogP contribution in [0.15, 0.2) is 42.7 Å². The molecule has 0 amide bonds. The molecule has 1 atom stereocenters. The molecule has 0 saturated carbocycles. The molecule has 4 rings (SSSR count). The van der Waals surface area contributed by atoms with Crippen LogP contribution in [0.5, 0.6) is 0 Å². The Morgan fingerprint density at radius 2 is 2.17 bits per heavy atom. The van der Waals surface area contributed by atoms with E-state index in [-0.39, 0.29) is 0 Å². The fourth-order valence-electron chi connectivity index (χ4n) is 3.74. The maximum absolute atomic E-state index is 4.59. The van der Waals surface area contributed by atoms with E-state index in [4.69, 9.17) is 0 Å². The van der Waals surface area contributed by atoms with Gasteiger partial charge in [-0.05, 0) is 43.5 Å². The Hall–Kier alpha value is -2.20. The van der Waals surface area contributed by atoms with E-state index in [1.807, 2.05) is 18.5 Å². The quantitative estimate of drug-likeness (QED) is 0.803. The van der Waals surface area contributed by atoms with Crippen molar-refractivity contribution in [1.82, 2.24) is 20.1 Å². The number of likely N-dealkylation sites (tertiary alicyclic amines) is 1. The summed E-state index contributed by atoms with van der Waals surface area (Å²) in [6.07, 6.45) is 6.30. The van der Waals surface area contributed by atoms with Gasteiger partial charge in [0.05, 0.1) is 11.7 Å². The number of hydrogen-bond acceptors (Lipinski definition) is 3. The lowest BCUT2D eigenvalue weighted by atomic mass is 9.92. The first-order chi connectivity index (χ1) is 11.3. The number of benzene rings is 1. The van der Waals surface area contributed by atoms with Crippen LogP contribution in [0.2, 0.25) is 0 Å². The summed E-state index contributed by atoms with van der Waals surface area (Å²) in [4.78, 5) is 7.14. The minimum absolute atomic E-state index is 0.564. The SMILES string of the molecule is Cc1cn[nH]c1[C@@H]1CCCN(Cc2cccc3cccnc23)C1. The van der Waals surface area contributed by atoms with Crippen molar-refractivity contribution in [2.75, 3.05) is 13.1 Å². The molecule has 1 saturated heterocycles. The van der Waals surface area contributed by atoms with Gasteiger partial charge in [0.15, 0.2) is 0 Å². The van der Waals surface area contributed by atoms with E-state index in [9.17, 15) is 0 Å². The summed E-state index contributed by atoms with van der Waals surface area (Å²) in [5.74, 6) is 0.564. The predicted molar refractivity (Wildman–Crippen MR) is 92.3 cm³/mol. The monoisotopic (exact) mass is 306 g/mol. The van der Waals surface area contributed by atoms with Crippen LogP contribution in [0.4, 0.5) is 0 Å². The van der Waals surface area contributed by atoms with E-state index < -0.39 is 0 Å². The first-order valence-corrected chi connectivity index (χ1v) is 8.36. The molecule has 1 aliphatic heterocycles. The summed E-state index contributed by atoms with van der Waals surface area (Å²) in [6, 6.07) is 10.6. The molecule has 3 aromatic rings. The van der Waals surface area contributed by atoms with Gasteiger partial charge in [-0.3, -0.25) is 15.0 Å². The molecule has 0 spiro atoms. The summed E-state index contributed by atoms with van der Waals surface area (Å²) in [7, 11) is 0. The third kappa shape index (κ3) is 2.86. The van der Waals surface area contributed by atoms with Crippen molar-refractivity contribution in [2.24, 2.45) is 0 Å². The molecule has 2 aromatic heterocycles. The second kappa shape index (κ2) is 6.13. The standard InChI is InChI=1S/C19H22N4/c1-14-11-21-22-18(14)16-8-4-10-23(12-16)13-17-6-2-5-15-7-3-9-20-19(15)17/h2-3,5-7,9,11,16H,4,8,10,12-13H2,1H3,(H,21,22)/t16-/m1/s1. The molecular formula is C19H22N4. The third-order valence-electron chi connectivity index (χ3n) is 4.89. The Bertz CT molecular complexity index is 802. The van der Waals surface area contributed by atoms with Crippen LogP contribution >= 0.6 is 0 Å². The van der Waals surface area contributed by atoms with Crippen LogP contribution in [0.1, 0.15) is 35.6 Å². The van der Waals surface area contributed by atoms with Gasteiger partial charge in [0, 0.05) is 36.3 Å². The number of piperidine rings is 1. The number of aromatic amines is 1. The van der Waals surface area contributed by atoms with Crippen molar-refractivity contribution in [3.63, 3.8) is 0 Å². The number of para-hydroxylation sites is 1. The van der Waals surface area contributed by atoms with Crippen LogP contribution < -0.4 is 0 Å². The Labute approximate surface area is 136 Å². The number of pyridine rings is 1. The number of H-pyrrole nitrogens is 1. The zero-order chi connectivity index (χ0) is 15.6. The molecule has 3 heterocycles. The average Bonchev–Trinajstić information content (AvgIpc) is 3.02. The molecule has 1 fully saturated rings. The molecule has 23 heavy (non-hydrogen) atoms. The van der Waals surface area contributed by atoms with Crippen LogP contribution in [-0.2, 0) is 6.54 Å². The molecule has 1 aromatic carbocycles. The average molecular weight is 306 g/mol. The van der Waals surface area contributed by atoms with Crippen molar-refractivity contribution in [1.29, 1.82) is 0 Å². The van der Waals surface area contributed by atoms with Gasteiger partial charge in [0.2, 0.25) is 0 Å². The number of fused-ring (bicyclic) bond motifs is 1. The highest BCUT2D eigenvalue weighted by molar-refractivity contribution is 5.81. The fourth-order valence-corrected chi connectivity index (χ4v) is 3.74. The molecule has 1 N–H and O–H groups in total. The van der Waals surface area contributed by atoms with Crippen LogP contribution in [0.25, 0.3) is 10.9 Å². The van der Waals surface area contributed by atoms with Gasteiger partial charge < -0.3 is 0 Å². The van der Waals surface area contributed by atoms with Gasteiger partial charge in [0.25, 0.3) is 0 Å². The molecule has 0 bridgehead atoms. The molecule has 0 radical (unpaired) electrons. The van der Waals surface area contributed by atoms with E-state index in [0.717, 1.165) is 25.2 Å². The normalized spacial score (nSPS) is 19.3. The van der Waals surface area contributed by atoms with Crippen molar-refractivity contribution < 1.29 is 0 Å². The van der Waals surface area contributed by atoms with E-state index in [1.165, 1.54) is 35.0 Å². The highest BCUT2D eigenvalue weighted by atomic mass is 15.2. The maximum atomic E-state index is 4.59. The number of hydrogen-bond donors (Lipinski definition) is 1. The molecule has 1 aliphatic rings. The highest BCUT2D eigenvalue weighted by Gasteiger charge is 2.24. The first-order valence-electron chi connectivity index (χ1n) is 8.36. The Kier molecular flexibility index (Phi) is 3.83. The predicted octanol–water partition coefficient (Wildman–Crippen LogP) is 3.65. The lowest BCUT2D eigenvalue weighted by Gasteiger charge is -2.32. The van der Waals surface area contributed by atoms with E-state index >= 15 is 0 Å². The van der Waals surface area contributed by atoms with E-state index in [1.54, 1.807) is 0 Å². The number of nitrogens with one attached hydrogen (secondary N) is 1. The zero-order valence-corrected chi connectivity index (χ0v) is 13.5. The summed E-state index contributed by atoms with van der Waals surface area (Å²) in [6.45, 7) is 5.36. The van der Waals surface area contributed by atoms with Crippen LogP contribution in [0.3, 0.4) is 0 Å². The van der Waals surface area contributed by atoms with Gasteiger partial charge in [-0.2, -0.15) is 5.10 Å². The summed E-state index contributed by atoms with van der Waals surface area (Å²) < 4.78 is 0.